The molecule has 0 spiro atoms. The number of esters is 1. The maximum atomic E-state index is 14.4. The molecule has 21 atom stereocenters. The lowest BCUT2D eigenvalue weighted by atomic mass is 9.82. The number of aliphatic hydroxyl groups is 9. The second-order valence-electron chi connectivity index (χ2n) is 26.4. The second kappa shape index (κ2) is 45.8. The van der Waals surface area contributed by atoms with E-state index in [0.29, 0.717) is 18.6 Å². The third-order valence-electron chi connectivity index (χ3n) is 17.5. The lowest BCUT2D eigenvalue weighted by Crippen LogP contribution is -2.58. The Hall–Kier alpha value is -5.99. The highest BCUT2D eigenvalue weighted by Crippen LogP contribution is 2.38. The molecule has 556 valence electrons. The van der Waals surface area contributed by atoms with Gasteiger partial charge in [-0.05, 0) is 69.4 Å². The van der Waals surface area contributed by atoms with Gasteiger partial charge in [0.05, 0.1) is 92.7 Å². The zero-order valence-electron chi connectivity index (χ0n) is 58.2. The topological polar surface area (TPSA) is 417 Å². The molecule has 2 bridgehead atoms. The van der Waals surface area contributed by atoms with Crippen molar-refractivity contribution in [2.24, 2.45) is 29.4 Å². The fourth-order valence-corrected chi connectivity index (χ4v) is 12.2. The van der Waals surface area contributed by atoms with Crippen molar-refractivity contribution >= 4 is 47.8 Å². The van der Waals surface area contributed by atoms with Crippen LogP contribution in [0, 0.1) is 23.7 Å². The van der Waals surface area contributed by atoms with Gasteiger partial charge >= 0.3 is 5.97 Å². The van der Waals surface area contributed by atoms with Gasteiger partial charge in [0.1, 0.15) is 24.2 Å². The van der Waals surface area contributed by atoms with Crippen molar-refractivity contribution < 1.29 is 98.4 Å². The van der Waals surface area contributed by atoms with Gasteiger partial charge in [0, 0.05) is 69.5 Å². The number of nitrogens with two attached hydrogens (primary N) is 1. The summed E-state index contributed by atoms with van der Waals surface area (Å²) in [4.78, 5) is 79.6. The van der Waals surface area contributed by atoms with E-state index in [-0.39, 0.29) is 83.1 Å². The number of aliphatic hydroxyl groups excluding tert-OH is 8. The van der Waals surface area contributed by atoms with Gasteiger partial charge in [-0.2, -0.15) is 11.8 Å². The van der Waals surface area contributed by atoms with E-state index < -0.39 is 177 Å². The Balaban J connectivity index is 1.53. The Bertz CT molecular complexity index is 2780. The third kappa shape index (κ3) is 32.3. The van der Waals surface area contributed by atoms with Crippen LogP contribution in [-0.2, 0) is 58.9 Å². The van der Waals surface area contributed by atoms with Crippen LogP contribution in [-0.4, -0.2) is 230 Å². The highest BCUT2D eigenvalue weighted by Gasteiger charge is 2.50. The van der Waals surface area contributed by atoms with E-state index in [9.17, 15) is 74.7 Å². The summed E-state index contributed by atoms with van der Waals surface area (Å²) in [5.74, 6) is -7.07. The van der Waals surface area contributed by atoms with Crippen molar-refractivity contribution in [2.45, 2.75) is 228 Å². The zero-order valence-corrected chi connectivity index (χ0v) is 59.0. The Labute approximate surface area is 587 Å². The molecule has 0 aromatic heterocycles. The number of ether oxygens (including phenoxy) is 5. The van der Waals surface area contributed by atoms with Gasteiger partial charge in [0.15, 0.2) is 12.1 Å². The van der Waals surface area contributed by atoms with Crippen LogP contribution in [0.5, 0.6) is 0 Å². The lowest BCUT2D eigenvalue weighted by molar-refractivity contribution is -0.302. The Morgan fingerprint density at radius 3 is 1.91 bits per heavy atom. The van der Waals surface area contributed by atoms with Crippen molar-refractivity contribution in [3.8, 4) is 0 Å². The molecule has 3 aliphatic heterocycles. The first-order valence-electron chi connectivity index (χ1n) is 34.4. The molecule has 16 N–H and O–H groups in total. The number of rotatable bonds is 23. The average molecular weight is 1410 g/mol. The quantitative estimate of drug-likeness (QED) is 0.0423. The van der Waals surface area contributed by atoms with Crippen molar-refractivity contribution in [3.05, 3.63) is 121 Å². The molecule has 26 nitrogen and oxygen atoms in total. The molecular weight excluding hydrogens is 1300 g/mol. The molecule has 0 radical (unpaired) electrons. The number of benzene rings is 1. The van der Waals surface area contributed by atoms with Crippen LogP contribution in [0.25, 0.3) is 0 Å². The monoisotopic (exact) mass is 1410 g/mol. The zero-order chi connectivity index (χ0) is 73.0. The summed E-state index contributed by atoms with van der Waals surface area (Å²) >= 11 is 1.50. The number of carbonyl (C=O) groups excluding carboxylic acids is 6. The van der Waals surface area contributed by atoms with Gasteiger partial charge in [-0.15, -0.1) is 0 Å². The van der Waals surface area contributed by atoms with Crippen LogP contribution in [0.2, 0.25) is 0 Å². The first-order valence-corrected chi connectivity index (χ1v) is 35.8. The number of hydrogen-bond donors (Lipinski definition) is 15. The summed E-state index contributed by atoms with van der Waals surface area (Å²) in [6.07, 6.45) is 9.43. The lowest BCUT2D eigenvalue weighted by Gasteiger charge is -2.45. The van der Waals surface area contributed by atoms with Crippen molar-refractivity contribution in [1.29, 1.82) is 0 Å². The Kier molecular flexibility index (Phi) is 39.5. The Morgan fingerprint density at radius 2 is 1.29 bits per heavy atom. The molecule has 4 rings (SSSR count). The molecule has 0 aliphatic carbocycles. The number of carbonyl (C=O) groups is 6. The molecule has 3 heterocycles. The molecular formula is C72H112N6O20S. The van der Waals surface area contributed by atoms with E-state index in [1.807, 2.05) is 81.7 Å². The summed E-state index contributed by atoms with van der Waals surface area (Å²) < 4.78 is 30.1. The maximum absolute atomic E-state index is 14.4. The fourth-order valence-electron chi connectivity index (χ4n) is 11.8. The standard InChI is InChI=1S/C72H112N6O20S/c1-45(2)35-57(77-69(90)56(76-44-79)29-34-99-7)70(91)78-58(36-50-24-20-18-21-25-50)68(89)74-30-32-94-33-31-75-71(92)65-61(85)43-72(93)42-53(82)38-60(84)59(83)28-27-51(80)37-52(81)39-63(86)95-48(5)47(4)66(87)46(3)23-19-16-14-12-10-8-9-11-13-15-17-22-26-54(40-62(65)98-72)97-64-41-55(73)67(88)49(6)96-64/h8-26,44-49,51-62,64-67,80-85,87-88,93H,27-43,73H2,1-7H3,(H,74,89)(H,75,92)(H,76,79)(H,77,90)(H,78,91). The highest BCUT2D eigenvalue weighted by molar-refractivity contribution is 7.98. The summed E-state index contributed by atoms with van der Waals surface area (Å²) in [6.45, 7) is 10.4. The minimum Gasteiger partial charge on any atom is -0.462 e. The van der Waals surface area contributed by atoms with E-state index in [1.54, 1.807) is 81.5 Å². The summed E-state index contributed by atoms with van der Waals surface area (Å²) in [7, 11) is 0. The van der Waals surface area contributed by atoms with E-state index >= 15 is 0 Å². The number of cyclic esters (lactones) is 1. The molecule has 3 aliphatic rings. The number of amides is 5. The van der Waals surface area contributed by atoms with Gasteiger partial charge in [0.25, 0.3) is 0 Å². The summed E-state index contributed by atoms with van der Waals surface area (Å²) in [5, 5.41) is 114. The fraction of sp³-hybridized carbons (Fsp3) is 0.639. The van der Waals surface area contributed by atoms with Crippen molar-refractivity contribution in [1.82, 2.24) is 26.6 Å². The molecule has 27 heteroatoms. The number of allylic oxidation sites excluding steroid dienone is 12. The van der Waals surface area contributed by atoms with E-state index in [0.717, 1.165) is 5.56 Å². The van der Waals surface area contributed by atoms with Gasteiger partial charge in [-0.1, -0.05) is 143 Å². The van der Waals surface area contributed by atoms with Crippen LogP contribution in [0.15, 0.2) is 115 Å². The molecule has 99 heavy (non-hydrogen) atoms. The van der Waals surface area contributed by atoms with Crippen molar-refractivity contribution in [3.63, 3.8) is 0 Å². The predicted molar refractivity (Wildman–Crippen MR) is 374 cm³/mol. The van der Waals surface area contributed by atoms with Crippen molar-refractivity contribution in [2.75, 3.05) is 38.3 Å². The first kappa shape index (κ1) is 85.4. The molecule has 2 saturated heterocycles. The summed E-state index contributed by atoms with van der Waals surface area (Å²) in [6, 6.07) is 5.32. The maximum Gasteiger partial charge on any atom is 0.308 e. The largest absolute Gasteiger partial charge is 0.462 e. The van der Waals surface area contributed by atoms with Crippen LogP contribution >= 0.6 is 11.8 Å². The number of fused-ring (bicyclic) bond motifs is 2. The summed E-state index contributed by atoms with van der Waals surface area (Å²) in [5.41, 5.74) is 7.04. The number of thioether (sulfide) groups is 1. The number of nitrogens with one attached hydrogen (secondary N) is 5. The van der Waals surface area contributed by atoms with Crippen LogP contribution < -0.4 is 32.3 Å². The average Bonchev–Trinajstić information content (AvgIpc) is 0.783. The first-order chi connectivity index (χ1) is 47.1. The van der Waals surface area contributed by atoms with E-state index in [4.69, 9.17) is 29.4 Å². The normalized spacial score (nSPS) is 31.6. The van der Waals surface area contributed by atoms with Crippen LogP contribution in [0.1, 0.15) is 118 Å². The van der Waals surface area contributed by atoms with Gasteiger partial charge in [-0.25, -0.2) is 0 Å². The minimum absolute atomic E-state index is 0.0211. The van der Waals surface area contributed by atoms with E-state index in [1.165, 1.54) is 11.8 Å². The SMILES string of the molecule is CSCCC(NC=O)C(=O)NC(CC(C)C)C(=O)NC(Cc1ccccc1)C(=O)NCCOCCNC(=O)C1C(O)CC2(O)CC(O)CC(O)C(O)CCC(O)CC(O)CC(=O)OC(C)C(C)C(O)C(C)C=CC=CC=CC=CC=CC=CC=CC(OC3CC(N)C(O)C(C)O3)CC1O2. The van der Waals surface area contributed by atoms with Crippen LogP contribution in [0.4, 0.5) is 0 Å². The minimum atomic E-state index is -2.34. The molecule has 0 saturated carbocycles. The smallest absolute Gasteiger partial charge is 0.308 e. The van der Waals surface area contributed by atoms with Gasteiger partial charge < -0.3 is 102 Å². The van der Waals surface area contributed by atoms with E-state index in [2.05, 4.69) is 26.6 Å². The van der Waals surface area contributed by atoms with Gasteiger partial charge in [0.2, 0.25) is 30.0 Å². The predicted octanol–water partition coefficient (Wildman–Crippen LogP) is 2.03. The molecule has 1 aromatic rings. The second-order valence-corrected chi connectivity index (χ2v) is 27.4. The van der Waals surface area contributed by atoms with Gasteiger partial charge in [-0.3, -0.25) is 28.8 Å². The highest BCUT2D eigenvalue weighted by atomic mass is 32.2. The Morgan fingerprint density at radius 1 is 0.687 bits per heavy atom. The number of hydrogen-bond acceptors (Lipinski definition) is 22. The third-order valence-corrected chi connectivity index (χ3v) is 18.1. The molecule has 21 unspecified atom stereocenters. The van der Waals surface area contributed by atoms with Crippen LogP contribution in [0.3, 0.4) is 0 Å². The molecule has 1 aromatic carbocycles. The molecule has 5 amide bonds. The molecule has 2 fully saturated rings.